The summed E-state index contributed by atoms with van der Waals surface area (Å²) in [6.07, 6.45) is 0. The molecule has 0 aliphatic carbocycles. The fourth-order valence-corrected chi connectivity index (χ4v) is 2.20. The van der Waals surface area contributed by atoms with Gasteiger partial charge in [0.05, 0.1) is 15.8 Å². The topological polar surface area (TPSA) is 85.1 Å². The Morgan fingerprint density at radius 1 is 1.50 bits per heavy atom. The number of nitrogens with one attached hydrogen (secondary N) is 1. The van der Waals surface area contributed by atoms with Crippen LogP contribution in [0.2, 0.25) is 0 Å². The van der Waals surface area contributed by atoms with Crippen molar-refractivity contribution >= 4 is 38.5 Å². The maximum atomic E-state index is 11.1. The smallest absolute Gasteiger partial charge is 0.250 e. The number of fused-ring (bicyclic) bond motifs is 1. The van der Waals surface area contributed by atoms with Crippen LogP contribution in [0.5, 0.6) is 0 Å². The molecule has 0 saturated carbocycles. The summed E-state index contributed by atoms with van der Waals surface area (Å²) in [5, 5.41) is 3.01. The Labute approximate surface area is 95.3 Å². The largest absolute Gasteiger partial charge is 0.366 e. The molecule has 0 fully saturated rings. The van der Waals surface area contributed by atoms with Crippen molar-refractivity contribution in [3.8, 4) is 0 Å². The summed E-state index contributed by atoms with van der Waals surface area (Å²) in [7, 11) is 0. The Morgan fingerprint density at radius 3 is 2.88 bits per heavy atom. The van der Waals surface area contributed by atoms with Gasteiger partial charge in [0, 0.05) is 6.92 Å². The van der Waals surface area contributed by atoms with Crippen molar-refractivity contribution < 1.29 is 9.59 Å². The second-order valence-corrected chi connectivity index (χ2v) is 4.18. The van der Waals surface area contributed by atoms with E-state index in [-0.39, 0.29) is 5.91 Å². The summed E-state index contributed by atoms with van der Waals surface area (Å²) >= 11 is 1.28. The highest BCUT2D eigenvalue weighted by atomic mass is 32.1. The molecule has 81 valence electrons. The lowest BCUT2D eigenvalue weighted by atomic mass is 10.2. The number of anilines is 1. The van der Waals surface area contributed by atoms with E-state index in [0.29, 0.717) is 16.2 Å². The number of hydrogen-bond acceptors (Lipinski definition) is 4. The number of primary amides is 1. The first-order chi connectivity index (χ1) is 7.58. The maximum absolute atomic E-state index is 11.1. The number of hydrogen-bond donors (Lipinski definition) is 2. The summed E-state index contributed by atoms with van der Waals surface area (Å²) < 4.78 is 0.764. The minimum Gasteiger partial charge on any atom is -0.366 e. The van der Waals surface area contributed by atoms with Crippen molar-refractivity contribution in [3.05, 3.63) is 23.8 Å². The van der Waals surface area contributed by atoms with Crippen LogP contribution in [0.3, 0.4) is 0 Å². The lowest BCUT2D eigenvalue weighted by molar-refractivity contribution is -0.114. The van der Waals surface area contributed by atoms with E-state index >= 15 is 0 Å². The zero-order valence-corrected chi connectivity index (χ0v) is 9.22. The molecular formula is C10H8N3O2S. The molecule has 1 radical (unpaired) electrons. The van der Waals surface area contributed by atoms with Crippen LogP contribution in [0, 0.1) is 6.07 Å². The second-order valence-electron chi connectivity index (χ2n) is 3.15. The SMILES string of the molecule is CC(=O)Nc1nc2c(C(N)=O)c[c]cc2s1. The molecule has 3 N–H and O–H groups in total. The third kappa shape index (κ3) is 1.87. The Morgan fingerprint density at radius 2 is 2.25 bits per heavy atom. The van der Waals surface area contributed by atoms with Gasteiger partial charge >= 0.3 is 0 Å². The van der Waals surface area contributed by atoms with Crippen LogP contribution in [0.4, 0.5) is 5.13 Å². The van der Waals surface area contributed by atoms with Gasteiger partial charge in [-0.25, -0.2) is 4.98 Å². The highest BCUT2D eigenvalue weighted by Gasteiger charge is 2.11. The predicted octanol–water partition coefficient (Wildman–Crippen LogP) is 1.15. The Hall–Kier alpha value is -1.95. The summed E-state index contributed by atoms with van der Waals surface area (Å²) in [4.78, 5) is 26.1. The fraction of sp³-hybridized carbons (Fsp3) is 0.100. The normalized spacial score (nSPS) is 10.3. The van der Waals surface area contributed by atoms with Gasteiger partial charge in [-0.2, -0.15) is 0 Å². The number of aromatic nitrogens is 1. The van der Waals surface area contributed by atoms with Crippen LogP contribution in [-0.2, 0) is 4.79 Å². The average molecular weight is 234 g/mol. The van der Waals surface area contributed by atoms with Gasteiger partial charge < -0.3 is 11.1 Å². The zero-order valence-electron chi connectivity index (χ0n) is 8.40. The standard InChI is InChI=1S/C10H8N3O2S/c1-5(14)12-10-13-8-6(9(11)15)3-2-4-7(8)16-10/h3-4H,1H3,(H2,11,15)(H,12,13,14). The number of nitrogens with two attached hydrogens (primary N) is 1. The number of carbonyl (C=O) groups is 2. The lowest BCUT2D eigenvalue weighted by Crippen LogP contribution is -2.11. The maximum Gasteiger partial charge on any atom is 0.250 e. The van der Waals surface area contributed by atoms with Gasteiger partial charge in [-0.05, 0) is 18.2 Å². The number of rotatable bonds is 2. The van der Waals surface area contributed by atoms with E-state index < -0.39 is 5.91 Å². The summed E-state index contributed by atoms with van der Waals surface area (Å²) in [6, 6.07) is 6.00. The first-order valence-corrected chi connectivity index (χ1v) is 5.27. The van der Waals surface area contributed by atoms with Crippen molar-refractivity contribution in [3.63, 3.8) is 0 Å². The number of nitrogens with zero attached hydrogens (tertiary/aromatic N) is 1. The Balaban J connectivity index is 2.56. The van der Waals surface area contributed by atoms with Crippen LogP contribution < -0.4 is 11.1 Å². The van der Waals surface area contributed by atoms with Crippen LogP contribution in [0.1, 0.15) is 17.3 Å². The van der Waals surface area contributed by atoms with E-state index in [1.165, 1.54) is 24.3 Å². The second kappa shape index (κ2) is 3.90. The van der Waals surface area contributed by atoms with Gasteiger partial charge in [0.25, 0.3) is 5.91 Å². The number of amides is 2. The molecule has 6 heteroatoms. The molecule has 2 aromatic rings. The molecule has 2 rings (SSSR count). The number of carbonyl (C=O) groups excluding carboxylic acids is 2. The molecule has 0 saturated heterocycles. The van der Waals surface area contributed by atoms with Crippen molar-refractivity contribution in [1.82, 2.24) is 4.98 Å². The summed E-state index contributed by atoms with van der Waals surface area (Å²) in [5.74, 6) is -0.759. The van der Waals surface area contributed by atoms with E-state index in [1.807, 2.05) is 0 Å². The molecular weight excluding hydrogens is 226 g/mol. The van der Waals surface area contributed by atoms with Gasteiger partial charge in [-0.3, -0.25) is 9.59 Å². The third-order valence-corrected chi connectivity index (χ3v) is 2.82. The minimum absolute atomic E-state index is 0.205. The molecule has 0 atom stereocenters. The van der Waals surface area contributed by atoms with Crippen LogP contribution in [-0.4, -0.2) is 16.8 Å². The van der Waals surface area contributed by atoms with Crippen molar-refractivity contribution in [2.45, 2.75) is 6.92 Å². The van der Waals surface area contributed by atoms with Crippen LogP contribution in [0.25, 0.3) is 10.2 Å². The first kappa shape index (κ1) is 10.6. The van der Waals surface area contributed by atoms with E-state index in [9.17, 15) is 9.59 Å². The van der Waals surface area contributed by atoms with Crippen molar-refractivity contribution in [1.29, 1.82) is 0 Å². The summed E-state index contributed by atoms with van der Waals surface area (Å²) in [5.41, 5.74) is 6.02. The highest BCUT2D eigenvalue weighted by Crippen LogP contribution is 2.27. The van der Waals surface area contributed by atoms with Crippen LogP contribution in [0.15, 0.2) is 12.1 Å². The zero-order chi connectivity index (χ0) is 11.7. The minimum atomic E-state index is -0.554. The molecule has 1 aromatic heterocycles. The molecule has 16 heavy (non-hydrogen) atoms. The highest BCUT2D eigenvalue weighted by molar-refractivity contribution is 7.22. The Kier molecular flexibility index (Phi) is 2.57. The quantitative estimate of drug-likeness (QED) is 0.817. The molecule has 2 amide bonds. The van der Waals surface area contributed by atoms with E-state index in [0.717, 1.165) is 4.70 Å². The molecule has 0 spiro atoms. The Bertz CT molecular complexity index is 576. The monoisotopic (exact) mass is 234 g/mol. The van der Waals surface area contributed by atoms with E-state index in [4.69, 9.17) is 5.73 Å². The van der Waals surface area contributed by atoms with Crippen molar-refractivity contribution in [2.24, 2.45) is 5.73 Å². The average Bonchev–Trinajstić information content (AvgIpc) is 2.57. The van der Waals surface area contributed by atoms with Crippen molar-refractivity contribution in [2.75, 3.05) is 5.32 Å². The number of thiazole rings is 1. The third-order valence-electron chi connectivity index (χ3n) is 1.90. The molecule has 0 aliphatic rings. The molecule has 1 aromatic carbocycles. The summed E-state index contributed by atoms with van der Waals surface area (Å²) in [6.45, 7) is 1.40. The molecule has 0 bridgehead atoms. The van der Waals surface area contributed by atoms with Gasteiger partial charge in [-0.1, -0.05) is 11.3 Å². The van der Waals surface area contributed by atoms with Gasteiger partial charge in [-0.15, -0.1) is 0 Å². The lowest BCUT2D eigenvalue weighted by Gasteiger charge is -1.94. The fourth-order valence-electron chi connectivity index (χ4n) is 1.28. The van der Waals surface area contributed by atoms with Crippen LogP contribution >= 0.6 is 11.3 Å². The van der Waals surface area contributed by atoms with Gasteiger partial charge in [0.1, 0.15) is 0 Å². The van der Waals surface area contributed by atoms with E-state index in [1.54, 1.807) is 6.07 Å². The first-order valence-electron chi connectivity index (χ1n) is 4.46. The molecule has 5 nitrogen and oxygen atoms in total. The molecule has 1 heterocycles. The van der Waals surface area contributed by atoms with Gasteiger partial charge in [0.2, 0.25) is 5.91 Å². The van der Waals surface area contributed by atoms with Gasteiger partial charge in [0.15, 0.2) is 5.13 Å². The van der Waals surface area contributed by atoms with E-state index in [2.05, 4.69) is 16.4 Å². The number of benzene rings is 1. The predicted molar refractivity (Wildman–Crippen MR) is 61.3 cm³/mol. The molecule has 0 unspecified atom stereocenters. The molecule has 0 aliphatic heterocycles.